The molecule has 3 rings (SSSR count). The summed E-state index contributed by atoms with van der Waals surface area (Å²) in [6.45, 7) is 0.576. The number of rotatable bonds is 5. The summed E-state index contributed by atoms with van der Waals surface area (Å²) < 4.78 is 7.95. The predicted molar refractivity (Wildman–Crippen MR) is 87.5 cm³/mol. The van der Waals surface area contributed by atoms with Gasteiger partial charge in [-0.15, -0.1) is 11.3 Å². The van der Waals surface area contributed by atoms with E-state index in [2.05, 4.69) is 4.98 Å². The highest BCUT2D eigenvalue weighted by Crippen LogP contribution is 2.20. The maximum absolute atomic E-state index is 12.2. The number of thioether (sulfide) groups is 1. The molecule has 0 saturated heterocycles. The molecular formula is C15H14N2O2S2. The molecule has 4 nitrogen and oxygen atoms in total. The first-order chi connectivity index (χ1) is 10.3. The van der Waals surface area contributed by atoms with Crippen LogP contribution in [0.3, 0.4) is 0 Å². The summed E-state index contributed by atoms with van der Waals surface area (Å²) in [6, 6.07) is 11.6. The van der Waals surface area contributed by atoms with Crippen LogP contribution in [-0.4, -0.2) is 21.9 Å². The third-order valence-corrected chi connectivity index (χ3v) is 4.86. The summed E-state index contributed by atoms with van der Waals surface area (Å²) >= 11 is 2.96. The molecule has 0 N–H and O–H groups in total. The minimum atomic E-state index is 0.0153. The lowest BCUT2D eigenvalue weighted by Gasteiger charge is -2.08. The summed E-state index contributed by atoms with van der Waals surface area (Å²) in [5.41, 5.74) is 0.788. The number of hydrogen-bond acceptors (Lipinski definition) is 5. The number of fused-ring (bicyclic) bond motifs is 1. The van der Waals surface area contributed by atoms with Crippen molar-refractivity contribution < 1.29 is 4.74 Å². The molecule has 3 aromatic rings. The molecule has 108 valence electrons. The molecule has 0 aliphatic rings. The summed E-state index contributed by atoms with van der Waals surface area (Å²) in [5, 5.41) is 2.62. The van der Waals surface area contributed by atoms with Crippen LogP contribution in [0, 0.1) is 0 Å². The van der Waals surface area contributed by atoms with Crippen LogP contribution in [-0.2, 0) is 7.05 Å². The third kappa shape index (κ3) is 3.11. The number of ether oxygens (including phenoxy) is 1. The number of aromatic nitrogens is 2. The highest BCUT2D eigenvalue weighted by molar-refractivity contribution is 7.99. The summed E-state index contributed by atoms with van der Waals surface area (Å²) in [7, 11) is 1.76. The molecule has 0 fully saturated rings. The molecule has 0 amide bonds. The lowest BCUT2D eigenvalue weighted by atomic mass is 10.3. The molecule has 0 spiro atoms. The van der Waals surface area contributed by atoms with Crippen molar-refractivity contribution in [2.24, 2.45) is 7.05 Å². The van der Waals surface area contributed by atoms with E-state index in [1.807, 2.05) is 41.8 Å². The van der Waals surface area contributed by atoms with E-state index in [4.69, 9.17) is 4.74 Å². The second kappa shape index (κ2) is 6.32. The number of thiophene rings is 1. The second-order valence-corrected chi connectivity index (χ2v) is 6.38. The summed E-state index contributed by atoms with van der Waals surface area (Å²) in [6.07, 6.45) is 0. The van der Waals surface area contributed by atoms with Crippen LogP contribution in [0.5, 0.6) is 5.75 Å². The predicted octanol–water partition coefficient (Wildman–Crippen LogP) is 3.17. The molecule has 0 bridgehead atoms. The Labute approximate surface area is 130 Å². The van der Waals surface area contributed by atoms with Gasteiger partial charge in [-0.2, -0.15) is 0 Å². The Balaban J connectivity index is 1.65. The van der Waals surface area contributed by atoms with E-state index in [1.54, 1.807) is 11.6 Å². The fourth-order valence-electron chi connectivity index (χ4n) is 1.91. The molecule has 2 heterocycles. The summed E-state index contributed by atoms with van der Waals surface area (Å²) in [5.74, 6) is 1.60. The van der Waals surface area contributed by atoms with E-state index in [1.165, 1.54) is 23.1 Å². The molecule has 0 saturated carbocycles. The van der Waals surface area contributed by atoms with Crippen LogP contribution in [0.2, 0.25) is 0 Å². The van der Waals surface area contributed by atoms with E-state index < -0.39 is 0 Å². The first kappa shape index (κ1) is 14.2. The van der Waals surface area contributed by atoms with E-state index >= 15 is 0 Å². The van der Waals surface area contributed by atoms with Crippen molar-refractivity contribution in [3.63, 3.8) is 0 Å². The van der Waals surface area contributed by atoms with Crippen molar-refractivity contribution in [2.75, 3.05) is 12.4 Å². The van der Waals surface area contributed by atoms with Crippen LogP contribution >= 0.6 is 23.1 Å². The first-order valence-electron chi connectivity index (χ1n) is 6.50. The van der Waals surface area contributed by atoms with Gasteiger partial charge in [0.1, 0.15) is 10.4 Å². The number of hydrogen-bond donors (Lipinski definition) is 0. The standard InChI is InChI=1S/C15H14N2O2S2/c1-17-14(18)13-12(7-9-20-13)16-15(17)21-10-8-19-11-5-3-2-4-6-11/h2-7,9H,8,10H2,1H3. The minimum absolute atomic E-state index is 0.0153. The quantitative estimate of drug-likeness (QED) is 0.412. The average Bonchev–Trinajstić information content (AvgIpc) is 2.98. The molecule has 0 aliphatic carbocycles. The maximum atomic E-state index is 12.2. The Morgan fingerprint density at radius 1 is 1.29 bits per heavy atom. The first-order valence-corrected chi connectivity index (χ1v) is 8.37. The normalized spacial score (nSPS) is 10.9. The second-order valence-electron chi connectivity index (χ2n) is 4.40. The van der Waals surface area contributed by atoms with Gasteiger partial charge in [-0.05, 0) is 23.6 Å². The van der Waals surface area contributed by atoms with Crippen LogP contribution < -0.4 is 10.3 Å². The Kier molecular flexibility index (Phi) is 4.26. The molecule has 6 heteroatoms. The Bertz CT molecular complexity index is 796. The molecular weight excluding hydrogens is 304 g/mol. The molecule has 1 aromatic carbocycles. The van der Waals surface area contributed by atoms with Gasteiger partial charge >= 0.3 is 0 Å². The van der Waals surface area contributed by atoms with Crippen LogP contribution in [0.4, 0.5) is 0 Å². The van der Waals surface area contributed by atoms with Crippen molar-refractivity contribution in [3.05, 3.63) is 52.1 Å². The van der Waals surface area contributed by atoms with Crippen molar-refractivity contribution in [1.82, 2.24) is 9.55 Å². The van der Waals surface area contributed by atoms with E-state index in [-0.39, 0.29) is 5.56 Å². The van der Waals surface area contributed by atoms with Gasteiger partial charge in [0.05, 0.1) is 12.1 Å². The van der Waals surface area contributed by atoms with Crippen molar-refractivity contribution >= 4 is 33.3 Å². The van der Waals surface area contributed by atoms with Crippen LogP contribution in [0.1, 0.15) is 0 Å². The Morgan fingerprint density at radius 3 is 2.90 bits per heavy atom. The lowest BCUT2D eigenvalue weighted by molar-refractivity contribution is 0.344. The van der Waals surface area contributed by atoms with Gasteiger partial charge < -0.3 is 4.74 Å². The van der Waals surface area contributed by atoms with Gasteiger partial charge in [-0.1, -0.05) is 30.0 Å². The zero-order chi connectivity index (χ0) is 14.7. The number of benzene rings is 1. The Morgan fingerprint density at radius 2 is 2.10 bits per heavy atom. The largest absolute Gasteiger partial charge is 0.493 e. The third-order valence-electron chi connectivity index (χ3n) is 2.97. The monoisotopic (exact) mass is 318 g/mol. The van der Waals surface area contributed by atoms with E-state index in [0.717, 1.165) is 22.2 Å². The fourth-order valence-corrected chi connectivity index (χ4v) is 3.50. The smallest absolute Gasteiger partial charge is 0.271 e. The molecule has 0 radical (unpaired) electrons. The van der Waals surface area contributed by atoms with Gasteiger partial charge in [-0.3, -0.25) is 9.36 Å². The highest BCUT2D eigenvalue weighted by Gasteiger charge is 2.09. The minimum Gasteiger partial charge on any atom is -0.493 e. The maximum Gasteiger partial charge on any atom is 0.271 e. The van der Waals surface area contributed by atoms with Gasteiger partial charge in [0.15, 0.2) is 5.16 Å². The molecule has 0 aliphatic heterocycles. The highest BCUT2D eigenvalue weighted by atomic mass is 32.2. The van der Waals surface area contributed by atoms with Crippen molar-refractivity contribution in [2.45, 2.75) is 5.16 Å². The molecule has 21 heavy (non-hydrogen) atoms. The van der Waals surface area contributed by atoms with Crippen LogP contribution in [0.25, 0.3) is 10.2 Å². The summed E-state index contributed by atoms with van der Waals surface area (Å²) in [4.78, 5) is 16.7. The number of para-hydroxylation sites is 1. The topological polar surface area (TPSA) is 44.1 Å². The Hall–Kier alpha value is -1.79. The van der Waals surface area contributed by atoms with Crippen molar-refractivity contribution in [3.8, 4) is 5.75 Å². The lowest BCUT2D eigenvalue weighted by Crippen LogP contribution is -2.19. The molecule has 0 unspecified atom stereocenters. The molecule has 2 aromatic heterocycles. The SMILES string of the molecule is Cn1c(SCCOc2ccccc2)nc2ccsc2c1=O. The number of nitrogens with zero attached hydrogens (tertiary/aromatic N) is 2. The van der Waals surface area contributed by atoms with Crippen molar-refractivity contribution in [1.29, 1.82) is 0 Å². The van der Waals surface area contributed by atoms with Gasteiger partial charge in [-0.25, -0.2) is 4.98 Å². The van der Waals surface area contributed by atoms with E-state index in [0.29, 0.717) is 11.3 Å². The van der Waals surface area contributed by atoms with Gasteiger partial charge in [0.2, 0.25) is 0 Å². The molecule has 0 atom stereocenters. The van der Waals surface area contributed by atoms with Gasteiger partial charge in [0.25, 0.3) is 5.56 Å². The van der Waals surface area contributed by atoms with Crippen LogP contribution in [0.15, 0.2) is 51.7 Å². The van der Waals surface area contributed by atoms with E-state index in [9.17, 15) is 4.79 Å². The zero-order valence-corrected chi connectivity index (χ0v) is 13.1. The zero-order valence-electron chi connectivity index (χ0n) is 11.5. The average molecular weight is 318 g/mol. The van der Waals surface area contributed by atoms with Gasteiger partial charge in [0, 0.05) is 12.8 Å². The fraction of sp³-hybridized carbons (Fsp3) is 0.200.